The third-order valence-corrected chi connectivity index (χ3v) is 2.19. The van der Waals surface area contributed by atoms with E-state index in [1.165, 1.54) is 30.5 Å². The van der Waals surface area contributed by atoms with Crippen molar-refractivity contribution in [2.75, 3.05) is 0 Å². The summed E-state index contributed by atoms with van der Waals surface area (Å²) in [5.41, 5.74) is 0.710. The van der Waals surface area contributed by atoms with E-state index in [0.29, 0.717) is 10.9 Å². The van der Waals surface area contributed by atoms with Gasteiger partial charge in [-0.3, -0.25) is 15.1 Å². The number of non-ortho nitro benzene ring substituents is 1. The van der Waals surface area contributed by atoms with Crippen LogP contribution in [0.5, 0.6) is 0 Å². The molecule has 0 aliphatic carbocycles. The van der Waals surface area contributed by atoms with Crippen LogP contribution in [0, 0.1) is 10.1 Å². The van der Waals surface area contributed by atoms with Crippen molar-refractivity contribution in [2.45, 2.75) is 0 Å². The molecule has 0 unspecified atom stereocenters. The number of hydrogen-bond donors (Lipinski definition) is 2. The molecule has 1 aromatic carbocycles. The summed E-state index contributed by atoms with van der Waals surface area (Å²) >= 11 is 0. The summed E-state index contributed by atoms with van der Waals surface area (Å²) in [7, 11) is -1.63. The Kier molecular flexibility index (Phi) is 2.55. The van der Waals surface area contributed by atoms with E-state index in [0.717, 1.165) is 0 Å². The lowest BCUT2D eigenvalue weighted by Gasteiger charge is -2.01. The van der Waals surface area contributed by atoms with Gasteiger partial charge < -0.3 is 10.0 Å². The minimum atomic E-state index is -1.63. The van der Waals surface area contributed by atoms with Crippen molar-refractivity contribution < 1.29 is 15.0 Å². The summed E-state index contributed by atoms with van der Waals surface area (Å²) in [4.78, 5) is 14.0. The number of fused-ring (bicyclic) bond motifs is 1. The van der Waals surface area contributed by atoms with Gasteiger partial charge in [-0.15, -0.1) is 0 Å². The van der Waals surface area contributed by atoms with Gasteiger partial charge in [0.05, 0.1) is 10.4 Å². The zero-order valence-corrected chi connectivity index (χ0v) is 8.07. The number of hydrogen-bond acceptors (Lipinski definition) is 5. The van der Waals surface area contributed by atoms with E-state index in [1.807, 2.05) is 0 Å². The van der Waals surface area contributed by atoms with Gasteiger partial charge in [0.2, 0.25) is 0 Å². The molecule has 0 bridgehead atoms. The zero-order valence-electron chi connectivity index (χ0n) is 8.07. The van der Waals surface area contributed by atoms with Crippen molar-refractivity contribution in [1.29, 1.82) is 0 Å². The van der Waals surface area contributed by atoms with Crippen LogP contribution >= 0.6 is 0 Å². The maximum atomic E-state index is 10.5. The van der Waals surface area contributed by atoms with E-state index in [1.54, 1.807) is 0 Å². The number of nitro groups is 1. The number of pyridine rings is 1. The third kappa shape index (κ3) is 1.86. The average Bonchev–Trinajstić information content (AvgIpc) is 2.27. The lowest BCUT2D eigenvalue weighted by molar-refractivity contribution is -0.384. The zero-order chi connectivity index (χ0) is 11.7. The predicted octanol–water partition coefficient (Wildman–Crippen LogP) is -0.177. The molecule has 0 fully saturated rings. The van der Waals surface area contributed by atoms with E-state index >= 15 is 0 Å². The van der Waals surface area contributed by atoms with Gasteiger partial charge >= 0.3 is 7.12 Å². The monoisotopic (exact) mass is 218 g/mol. The Bertz CT molecular complexity index is 558. The molecule has 1 aromatic heterocycles. The number of nitro benzene ring substituents is 1. The molecule has 0 spiro atoms. The first-order chi connectivity index (χ1) is 7.58. The Morgan fingerprint density at radius 3 is 2.69 bits per heavy atom. The van der Waals surface area contributed by atoms with E-state index in [4.69, 9.17) is 10.0 Å². The first-order valence-corrected chi connectivity index (χ1v) is 4.48. The van der Waals surface area contributed by atoms with Crippen LogP contribution in [0.1, 0.15) is 0 Å². The molecule has 6 nitrogen and oxygen atoms in total. The van der Waals surface area contributed by atoms with Crippen LogP contribution in [0.25, 0.3) is 10.9 Å². The minimum Gasteiger partial charge on any atom is -0.423 e. The smallest absolute Gasteiger partial charge is 0.423 e. The van der Waals surface area contributed by atoms with Crippen LogP contribution < -0.4 is 5.46 Å². The Hall–Kier alpha value is -1.99. The van der Waals surface area contributed by atoms with Crippen LogP contribution in [-0.4, -0.2) is 27.1 Å². The van der Waals surface area contributed by atoms with Gasteiger partial charge in [-0.1, -0.05) is 6.07 Å². The molecular weight excluding hydrogens is 211 g/mol. The Labute approximate surface area is 90.5 Å². The quantitative estimate of drug-likeness (QED) is 0.414. The van der Waals surface area contributed by atoms with E-state index in [-0.39, 0.29) is 11.2 Å². The second-order valence-electron chi connectivity index (χ2n) is 3.28. The fourth-order valence-corrected chi connectivity index (χ4v) is 1.39. The molecule has 16 heavy (non-hydrogen) atoms. The van der Waals surface area contributed by atoms with Crippen molar-refractivity contribution >= 4 is 29.2 Å². The number of nitrogens with zero attached hydrogens (tertiary/aromatic N) is 2. The Morgan fingerprint density at radius 1 is 1.31 bits per heavy atom. The average molecular weight is 218 g/mol. The maximum absolute atomic E-state index is 10.5. The van der Waals surface area contributed by atoms with Crippen LogP contribution in [0.4, 0.5) is 5.69 Å². The van der Waals surface area contributed by atoms with Crippen LogP contribution in [0.3, 0.4) is 0 Å². The van der Waals surface area contributed by atoms with Gasteiger partial charge in [-0.05, 0) is 6.07 Å². The lowest BCUT2D eigenvalue weighted by Crippen LogP contribution is -2.29. The standard InChI is InChI=1S/C9H7BN2O4/c13-10(14)7-3-6-4-8(12(15)16)1-2-9(6)11-5-7/h1-5,13-14H. The molecule has 0 radical (unpaired) electrons. The molecular formula is C9H7BN2O4. The van der Waals surface area contributed by atoms with Crippen molar-refractivity contribution in [3.05, 3.63) is 40.6 Å². The normalized spacial score (nSPS) is 10.4. The largest absolute Gasteiger partial charge is 0.490 e. The van der Waals surface area contributed by atoms with Crippen molar-refractivity contribution in [3.8, 4) is 0 Å². The minimum absolute atomic E-state index is 0.0566. The highest BCUT2D eigenvalue weighted by Gasteiger charge is 2.13. The van der Waals surface area contributed by atoms with E-state index < -0.39 is 12.0 Å². The van der Waals surface area contributed by atoms with Gasteiger partial charge in [0.1, 0.15) is 0 Å². The summed E-state index contributed by atoms with van der Waals surface area (Å²) < 4.78 is 0. The van der Waals surface area contributed by atoms with Gasteiger partial charge in [0.15, 0.2) is 0 Å². The lowest BCUT2D eigenvalue weighted by atomic mass is 9.81. The highest BCUT2D eigenvalue weighted by Crippen LogP contribution is 2.17. The van der Waals surface area contributed by atoms with E-state index in [9.17, 15) is 10.1 Å². The second-order valence-corrected chi connectivity index (χ2v) is 3.28. The molecule has 0 amide bonds. The molecule has 0 aliphatic rings. The predicted molar refractivity (Wildman–Crippen MR) is 58.2 cm³/mol. The molecule has 0 saturated carbocycles. The van der Waals surface area contributed by atoms with Gasteiger partial charge in [-0.2, -0.15) is 0 Å². The first kappa shape index (κ1) is 10.5. The van der Waals surface area contributed by atoms with Crippen molar-refractivity contribution in [3.63, 3.8) is 0 Å². The SMILES string of the molecule is O=[N+]([O-])c1ccc2ncc(B(O)O)cc2c1. The van der Waals surface area contributed by atoms with Gasteiger partial charge in [-0.25, -0.2) is 0 Å². The molecule has 2 N–H and O–H groups in total. The fourth-order valence-electron chi connectivity index (χ4n) is 1.39. The highest BCUT2D eigenvalue weighted by molar-refractivity contribution is 6.58. The summed E-state index contributed by atoms with van der Waals surface area (Å²) in [6.45, 7) is 0. The molecule has 0 saturated heterocycles. The molecule has 0 aliphatic heterocycles. The molecule has 0 atom stereocenters. The fraction of sp³-hybridized carbons (Fsp3) is 0. The Balaban J connectivity index is 2.61. The summed E-state index contributed by atoms with van der Waals surface area (Å²) in [6.07, 6.45) is 1.32. The van der Waals surface area contributed by atoms with E-state index in [2.05, 4.69) is 4.98 Å². The van der Waals surface area contributed by atoms with Gasteiger partial charge in [0.25, 0.3) is 5.69 Å². The van der Waals surface area contributed by atoms with Crippen molar-refractivity contribution in [2.24, 2.45) is 0 Å². The second kappa shape index (κ2) is 3.88. The molecule has 2 rings (SSSR count). The molecule has 80 valence electrons. The summed E-state index contributed by atoms with van der Waals surface area (Å²) in [5.74, 6) is 0. The van der Waals surface area contributed by atoms with Crippen LogP contribution in [0.15, 0.2) is 30.5 Å². The van der Waals surface area contributed by atoms with Gasteiger partial charge in [0, 0.05) is 29.2 Å². The van der Waals surface area contributed by atoms with Crippen LogP contribution in [-0.2, 0) is 0 Å². The maximum Gasteiger partial charge on any atom is 0.490 e. The number of benzene rings is 1. The molecule has 2 aromatic rings. The Morgan fingerprint density at radius 2 is 2.06 bits per heavy atom. The highest BCUT2D eigenvalue weighted by atomic mass is 16.6. The number of rotatable bonds is 2. The summed E-state index contributed by atoms with van der Waals surface area (Å²) in [6, 6.07) is 5.67. The third-order valence-electron chi connectivity index (χ3n) is 2.19. The first-order valence-electron chi connectivity index (χ1n) is 4.48. The van der Waals surface area contributed by atoms with Crippen LogP contribution in [0.2, 0.25) is 0 Å². The number of aromatic nitrogens is 1. The van der Waals surface area contributed by atoms with Crippen molar-refractivity contribution in [1.82, 2.24) is 4.98 Å². The topological polar surface area (TPSA) is 96.5 Å². The summed E-state index contributed by atoms with van der Waals surface area (Å²) in [5, 5.41) is 28.9. The molecule has 7 heteroatoms. The molecule has 1 heterocycles.